The summed E-state index contributed by atoms with van der Waals surface area (Å²) in [6, 6.07) is 7.78. The average Bonchev–Trinajstić information content (AvgIpc) is 2.45. The number of ether oxygens (including phenoxy) is 1. The zero-order valence-corrected chi connectivity index (χ0v) is 11.8. The Morgan fingerprint density at radius 1 is 1.27 bits per heavy atom. The summed E-state index contributed by atoms with van der Waals surface area (Å²) in [5.74, 6) is -1.61. The standard InChI is InChI=1S/C16H13NO5/c1-8-6-12-14(15(19)17-8)11(7-13(18)22-12)9-2-4-10(5-3-9)16(20)21/h2-6,11H,7H2,1H3,(H,17,19)(H,20,21)/t11-/m1/s1. The Labute approximate surface area is 125 Å². The Kier molecular flexibility index (Phi) is 3.29. The van der Waals surface area contributed by atoms with Crippen LogP contribution in [-0.2, 0) is 4.79 Å². The Balaban J connectivity index is 2.11. The van der Waals surface area contributed by atoms with E-state index in [-0.39, 0.29) is 23.3 Å². The Hall–Kier alpha value is -2.89. The van der Waals surface area contributed by atoms with E-state index in [4.69, 9.17) is 9.84 Å². The highest BCUT2D eigenvalue weighted by atomic mass is 16.5. The number of nitrogens with one attached hydrogen (secondary N) is 1. The maximum Gasteiger partial charge on any atom is 0.335 e. The molecule has 22 heavy (non-hydrogen) atoms. The lowest BCUT2D eigenvalue weighted by atomic mass is 9.86. The fourth-order valence-corrected chi connectivity index (χ4v) is 2.66. The minimum atomic E-state index is -1.02. The minimum absolute atomic E-state index is 0.0472. The van der Waals surface area contributed by atoms with Crippen molar-refractivity contribution in [2.75, 3.05) is 0 Å². The highest BCUT2D eigenvalue weighted by molar-refractivity contribution is 5.87. The second kappa shape index (κ2) is 5.14. The van der Waals surface area contributed by atoms with E-state index < -0.39 is 17.9 Å². The summed E-state index contributed by atoms with van der Waals surface area (Å²) in [4.78, 5) is 37.6. The van der Waals surface area contributed by atoms with E-state index in [1.54, 1.807) is 25.1 Å². The Bertz CT molecular complexity index is 819. The number of hydrogen-bond donors (Lipinski definition) is 2. The maximum atomic E-state index is 12.2. The van der Waals surface area contributed by atoms with Gasteiger partial charge in [-0.15, -0.1) is 0 Å². The number of aromatic carboxylic acids is 1. The lowest BCUT2D eigenvalue weighted by Gasteiger charge is -2.24. The molecule has 112 valence electrons. The number of aromatic nitrogens is 1. The van der Waals surface area contributed by atoms with Gasteiger partial charge in [-0.1, -0.05) is 12.1 Å². The number of benzene rings is 1. The molecule has 1 aliphatic heterocycles. The topological polar surface area (TPSA) is 96.5 Å². The van der Waals surface area contributed by atoms with Crippen LogP contribution >= 0.6 is 0 Å². The zero-order chi connectivity index (χ0) is 15.9. The third-order valence-corrected chi connectivity index (χ3v) is 3.67. The number of hydrogen-bond acceptors (Lipinski definition) is 4. The molecule has 0 fully saturated rings. The number of carboxylic acids is 1. The van der Waals surface area contributed by atoms with Gasteiger partial charge in [0.2, 0.25) is 0 Å². The van der Waals surface area contributed by atoms with Crippen molar-refractivity contribution in [3.05, 3.63) is 63.1 Å². The summed E-state index contributed by atoms with van der Waals surface area (Å²) in [7, 11) is 0. The fourth-order valence-electron chi connectivity index (χ4n) is 2.66. The molecule has 0 bridgehead atoms. The van der Waals surface area contributed by atoms with Crippen molar-refractivity contribution in [3.8, 4) is 5.75 Å². The second-order valence-electron chi connectivity index (χ2n) is 5.22. The first-order chi connectivity index (χ1) is 10.5. The number of aromatic amines is 1. The molecule has 0 amide bonds. The molecule has 1 aromatic heterocycles. The molecule has 2 N–H and O–H groups in total. The van der Waals surface area contributed by atoms with Gasteiger partial charge in [-0.05, 0) is 24.6 Å². The molecule has 0 spiro atoms. The van der Waals surface area contributed by atoms with Crippen molar-refractivity contribution in [2.24, 2.45) is 0 Å². The summed E-state index contributed by atoms with van der Waals surface area (Å²) in [5.41, 5.74) is 1.57. The number of H-pyrrole nitrogens is 1. The van der Waals surface area contributed by atoms with Crippen molar-refractivity contribution >= 4 is 11.9 Å². The number of esters is 1. The molecular formula is C16H13NO5. The van der Waals surface area contributed by atoms with Gasteiger partial charge in [-0.2, -0.15) is 0 Å². The van der Waals surface area contributed by atoms with E-state index >= 15 is 0 Å². The van der Waals surface area contributed by atoms with E-state index in [0.717, 1.165) is 0 Å². The molecular weight excluding hydrogens is 286 g/mol. The van der Waals surface area contributed by atoms with Crippen LogP contribution in [0, 0.1) is 6.92 Å². The zero-order valence-electron chi connectivity index (χ0n) is 11.8. The summed E-state index contributed by atoms with van der Waals surface area (Å²) in [5, 5.41) is 8.93. The number of rotatable bonds is 2. The molecule has 0 saturated heterocycles. The normalized spacial score (nSPS) is 16.8. The quantitative estimate of drug-likeness (QED) is 0.825. The fraction of sp³-hybridized carbons (Fsp3) is 0.188. The number of carboxylic acid groups (broad SMARTS) is 1. The van der Waals surface area contributed by atoms with Gasteiger partial charge in [-0.25, -0.2) is 4.79 Å². The van der Waals surface area contributed by atoms with E-state index in [1.165, 1.54) is 12.1 Å². The third kappa shape index (κ3) is 2.39. The molecule has 1 atom stereocenters. The molecule has 6 heteroatoms. The van der Waals surface area contributed by atoms with Crippen LogP contribution in [0.25, 0.3) is 0 Å². The molecule has 0 radical (unpaired) electrons. The average molecular weight is 299 g/mol. The van der Waals surface area contributed by atoms with E-state index in [2.05, 4.69) is 4.98 Å². The van der Waals surface area contributed by atoms with Gasteiger partial charge in [0.15, 0.2) is 0 Å². The largest absolute Gasteiger partial charge is 0.478 e. The first-order valence-electron chi connectivity index (χ1n) is 6.73. The van der Waals surface area contributed by atoms with Crippen molar-refractivity contribution in [3.63, 3.8) is 0 Å². The summed E-state index contributed by atoms with van der Waals surface area (Å²) < 4.78 is 5.15. The first kappa shape index (κ1) is 14.1. The van der Waals surface area contributed by atoms with E-state index in [1.807, 2.05) is 0 Å². The molecule has 2 aromatic rings. The molecule has 0 unspecified atom stereocenters. The Morgan fingerprint density at radius 2 is 1.95 bits per heavy atom. The minimum Gasteiger partial charge on any atom is -0.478 e. The van der Waals surface area contributed by atoms with E-state index in [9.17, 15) is 14.4 Å². The number of pyridine rings is 1. The van der Waals surface area contributed by atoms with Gasteiger partial charge in [0.25, 0.3) is 5.56 Å². The van der Waals surface area contributed by atoms with Crippen LogP contribution in [-0.4, -0.2) is 22.0 Å². The van der Waals surface area contributed by atoms with Gasteiger partial charge in [0.05, 0.1) is 17.5 Å². The monoisotopic (exact) mass is 299 g/mol. The second-order valence-corrected chi connectivity index (χ2v) is 5.22. The van der Waals surface area contributed by atoms with Gasteiger partial charge < -0.3 is 14.8 Å². The first-order valence-corrected chi connectivity index (χ1v) is 6.73. The lowest BCUT2D eigenvalue weighted by Crippen LogP contribution is -2.28. The number of aryl methyl sites for hydroxylation is 1. The molecule has 2 heterocycles. The summed E-state index contributed by atoms with van der Waals surface area (Å²) in [6.45, 7) is 1.71. The highest BCUT2D eigenvalue weighted by Gasteiger charge is 2.31. The number of carbonyl (C=O) groups excluding carboxylic acids is 1. The molecule has 0 saturated carbocycles. The van der Waals surface area contributed by atoms with Crippen LogP contribution in [0.2, 0.25) is 0 Å². The maximum absolute atomic E-state index is 12.2. The number of carbonyl (C=O) groups is 2. The summed E-state index contributed by atoms with van der Waals surface area (Å²) in [6.07, 6.45) is 0.0472. The van der Waals surface area contributed by atoms with Crippen LogP contribution in [0.3, 0.4) is 0 Å². The van der Waals surface area contributed by atoms with Crippen LogP contribution in [0.1, 0.15) is 39.5 Å². The highest BCUT2D eigenvalue weighted by Crippen LogP contribution is 2.36. The van der Waals surface area contributed by atoms with Crippen LogP contribution in [0.4, 0.5) is 0 Å². The van der Waals surface area contributed by atoms with Gasteiger partial charge >= 0.3 is 11.9 Å². The van der Waals surface area contributed by atoms with Crippen molar-refractivity contribution < 1.29 is 19.4 Å². The molecule has 1 aliphatic rings. The summed E-state index contributed by atoms with van der Waals surface area (Å²) >= 11 is 0. The molecule has 0 aliphatic carbocycles. The molecule has 1 aromatic carbocycles. The SMILES string of the molecule is Cc1cc2c(c(=O)[nH]1)[C@@H](c1ccc(C(=O)O)cc1)CC(=O)O2. The van der Waals surface area contributed by atoms with Crippen molar-refractivity contribution in [2.45, 2.75) is 19.3 Å². The Morgan fingerprint density at radius 3 is 2.59 bits per heavy atom. The molecule has 3 rings (SSSR count). The van der Waals surface area contributed by atoms with Crippen molar-refractivity contribution in [1.29, 1.82) is 0 Å². The number of fused-ring (bicyclic) bond motifs is 1. The predicted octanol–water partition coefficient (Wildman–Crippen LogP) is 1.82. The third-order valence-electron chi connectivity index (χ3n) is 3.67. The van der Waals surface area contributed by atoms with Crippen LogP contribution in [0.15, 0.2) is 35.1 Å². The molecule has 6 nitrogen and oxygen atoms in total. The lowest BCUT2D eigenvalue weighted by molar-refractivity contribution is -0.135. The van der Waals surface area contributed by atoms with Gasteiger partial charge in [-0.3, -0.25) is 9.59 Å². The van der Waals surface area contributed by atoms with Crippen LogP contribution in [0.5, 0.6) is 5.75 Å². The van der Waals surface area contributed by atoms with Gasteiger partial charge in [0, 0.05) is 17.7 Å². The van der Waals surface area contributed by atoms with E-state index in [0.29, 0.717) is 16.8 Å². The van der Waals surface area contributed by atoms with Crippen LogP contribution < -0.4 is 10.3 Å². The van der Waals surface area contributed by atoms with Gasteiger partial charge in [0.1, 0.15) is 5.75 Å². The van der Waals surface area contributed by atoms with Crippen molar-refractivity contribution in [1.82, 2.24) is 4.98 Å². The smallest absolute Gasteiger partial charge is 0.335 e. The predicted molar refractivity (Wildman–Crippen MR) is 77.3 cm³/mol.